The first-order chi connectivity index (χ1) is 13.4. The number of amides is 1. The molecule has 0 aliphatic carbocycles. The van der Waals surface area contributed by atoms with Gasteiger partial charge in [0, 0.05) is 18.5 Å². The normalized spacial score (nSPS) is 14.3. The van der Waals surface area contributed by atoms with Crippen molar-refractivity contribution in [3.05, 3.63) is 41.7 Å². The first kappa shape index (κ1) is 20.9. The molecule has 0 N–H and O–H groups in total. The number of imidazole rings is 1. The SMILES string of the molecule is CC(C)(C)OC(=O)N1CCc2nc(-c3ccccc3)n(C(=O)OC(C)(C)C)c2C1. The molecule has 7 heteroatoms. The lowest BCUT2D eigenvalue weighted by atomic mass is 10.1. The van der Waals surface area contributed by atoms with E-state index in [1.807, 2.05) is 71.9 Å². The number of fused-ring (bicyclic) bond motifs is 1. The summed E-state index contributed by atoms with van der Waals surface area (Å²) in [5, 5.41) is 0. The van der Waals surface area contributed by atoms with Gasteiger partial charge in [0.15, 0.2) is 0 Å². The van der Waals surface area contributed by atoms with Crippen LogP contribution in [0, 0.1) is 0 Å². The van der Waals surface area contributed by atoms with Crippen molar-refractivity contribution < 1.29 is 19.1 Å². The van der Waals surface area contributed by atoms with E-state index in [2.05, 4.69) is 0 Å². The van der Waals surface area contributed by atoms with Crippen molar-refractivity contribution in [2.24, 2.45) is 0 Å². The van der Waals surface area contributed by atoms with Crippen LogP contribution < -0.4 is 0 Å². The number of benzene rings is 1. The molecule has 0 fully saturated rings. The van der Waals surface area contributed by atoms with E-state index in [4.69, 9.17) is 14.5 Å². The third-order valence-electron chi connectivity index (χ3n) is 4.27. The summed E-state index contributed by atoms with van der Waals surface area (Å²) in [4.78, 5) is 32.0. The smallest absolute Gasteiger partial charge is 0.420 e. The predicted octanol–water partition coefficient (Wildman–Crippen LogP) is 4.63. The molecule has 0 saturated heterocycles. The summed E-state index contributed by atoms with van der Waals surface area (Å²) >= 11 is 0. The minimum atomic E-state index is -0.651. The Labute approximate surface area is 171 Å². The zero-order valence-corrected chi connectivity index (χ0v) is 18.0. The number of aromatic nitrogens is 2. The van der Waals surface area contributed by atoms with Gasteiger partial charge in [0.05, 0.1) is 17.9 Å². The van der Waals surface area contributed by atoms with Crippen LogP contribution in [0.1, 0.15) is 52.9 Å². The lowest BCUT2D eigenvalue weighted by Crippen LogP contribution is -2.41. The molecule has 0 unspecified atom stereocenters. The van der Waals surface area contributed by atoms with E-state index in [9.17, 15) is 9.59 Å². The molecular formula is C22H29N3O4. The van der Waals surface area contributed by atoms with Gasteiger partial charge in [0.2, 0.25) is 0 Å². The highest BCUT2D eigenvalue weighted by Crippen LogP contribution is 2.28. The van der Waals surface area contributed by atoms with Crippen LogP contribution in [-0.2, 0) is 22.4 Å². The fraction of sp³-hybridized carbons (Fsp3) is 0.500. The summed E-state index contributed by atoms with van der Waals surface area (Å²) in [6.45, 7) is 11.7. The molecular weight excluding hydrogens is 370 g/mol. The minimum absolute atomic E-state index is 0.239. The summed E-state index contributed by atoms with van der Waals surface area (Å²) in [5.74, 6) is 0.524. The molecule has 1 amide bonds. The summed E-state index contributed by atoms with van der Waals surface area (Å²) in [6.07, 6.45) is -0.359. The molecule has 2 aromatic rings. The second kappa shape index (κ2) is 7.54. The number of nitrogens with zero attached hydrogens (tertiary/aromatic N) is 3. The molecule has 0 atom stereocenters. The van der Waals surface area contributed by atoms with Crippen molar-refractivity contribution in [2.45, 2.75) is 65.7 Å². The number of carbonyl (C=O) groups excluding carboxylic acids is 2. The van der Waals surface area contributed by atoms with Gasteiger partial charge < -0.3 is 14.4 Å². The van der Waals surface area contributed by atoms with Gasteiger partial charge in [-0.3, -0.25) is 0 Å². The van der Waals surface area contributed by atoms with Gasteiger partial charge in [-0.15, -0.1) is 0 Å². The van der Waals surface area contributed by atoms with E-state index < -0.39 is 23.4 Å². The maximum Gasteiger partial charge on any atom is 0.420 e. The summed E-state index contributed by atoms with van der Waals surface area (Å²) in [5.41, 5.74) is 1.04. The summed E-state index contributed by atoms with van der Waals surface area (Å²) < 4.78 is 12.6. The van der Waals surface area contributed by atoms with E-state index in [0.29, 0.717) is 24.5 Å². The maximum atomic E-state index is 13.1. The Morgan fingerprint density at radius 1 is 0.931 bits per heavy atom. The van der Waals surface area contributed by atoms with Gasteiger partial charge >= 0.3 is 12.2 Å². The number of hydrogen-bond acceptors (Lipinski definition) is 5. The van der Waals surface area contributed by atoms with Crippen LogP contribution in [0.15, 0.2) is 30.3 Å². The third kappa shape index (κ3) is 4.96. The Morgan fingerprint density at radius 3 is 2.10 bits per heavy atom. The Balaban J connectivity index is 2.01. The monoisotopic (exact) mass is 399 g/mol. The molecule has 7 nitrogen and oxygen atoms in total. The lowest BCUT2D eigenvalue weighted by molar-refractivity contribution is 0.0211. The molecule has 1 aromatic carbocycles. The van der Waals surface area contributed by atoms with E-state index in [1.54, 1.807) is 4.90 Å². The number of rotatable bonds is 1. The number of carbonyl (C=O) groups is 2. The van der Waals surface area contributed by atoms with Gasteiger partial charge in [-0.25, -0.2) is 19.1 Å². The third-order valence-corrected chi connectivity index (χ3v) is 4.27. The number of ether oxygens (including phenoxy) is 2. The molecule has 1 aliphatic rings. The van der Waals surface area contributed by atoms with E-state index >= 15 is 0 Å². The second-order valence-electron chi connectivity index (χ2n) is 9.16. The van der Waals surface area contributed by atoms with Crippen LogP contribution >= 0.6 is 0 Å². The molecule has 2 heterocycles. The largest absolute Gasteiger partial charge is 0.444 e. The highest BCUT2D eigenvalue weighted by molar-refractivity contribution is 5.79. The number of hydrogen-bond donors (Lipinski definition) is 0. The molecule has 0 bridgehead atoms. The molecule has 0 saturated carbocycles. The average Bonchev–Trinajstić information content (AvgIpc) is 2.98. The summed E-state index contributed by atoms with van der Waals surface area (Å²) in [6, 6.07) is 9.51. The molecule has 29 heavy (non-hydrogen) atoms. The van der Waals surface area contributed by atoms with Crippen molar-refractivity contribution in [1.29, 1.82) is 0 Å². The fourth-order valence-corrected chi connectivity index (χ4v) is 3.13. The topological polar surface area (TPSA) is 73.7 Å². The molecule has 3 rings (SSSR count). The summed E-state index contributed by atoms with van der Waals surface area (Å²) in [7, 11) is 0. The standard InChI is InChI=1S/C22H29N3O4/c1-21(2,3)28-19(26)24-13-12-16-17(14-24)25(20(27)29-22(4,5)6)18(23-16)15-10-8-7-9-11-15/h7-11H,12-14H2,1-6H3. The van der Waals surface area contributed by atoms with Crippen LogP contribution in [0.5, 0.6) is 0 Å². The zero-order chi connectivity index (χ0) is 21.4. The Hall–Kier alpha value is -2.83. The van der Waals surface area contributed by atoms with Crippen molar-refractivity contribution in [3.63, 3.8) is 0 Å². The van der Waals surface area contributed by atoms with Crippen molar-refractivity contribution in [2.75, 3.05) is 6.54 Å². The van der Waals surface area contributed by atoms with Crippen LogP contribution in [0.2, 0.25) is 0 Å². The Bertz CT molecular complexity index is 905. The quantitative estimate of drug-likeness (QED) is 0.699. The van der Waals surface area contributed by atoms with Crippen LogP contribution in [0.25, 0.3) is 11.4 Å². The average molecular weight is 399 g/mol. The lowest BCUT2D eigenvalue weighted by Gasteiger charge is -2.30. The van der Waals surface area contributed by atoms with Gasteiger partial charge in [0.25, 0.3) is 0 Å². The first-order valence-electron chi connectivity index (χ1n) is 9.82. The fourth-order valence-electron chi connectivity index (χ4n) is 3.13. The van der Waals surface area contributed by atoms with Gasteiger partial charge in [-0.2, -0.15) is 0 Å². The molecule has 156 valence electrons. The van der Waals surface area contributed by atoms with E-state index in [-0.39, 0.29) is 6.54 Å². The van der Waals surface area contributed by atoms with Crippen LogP contribution in [-0.4, -0.2) is 44.4 Å². The van der Waals surface area contributed by atoms with Gasteiger partial charge in [-0.1, -0.05) is 30.3 Å². The van der Waals surface area contributed by atoms with Gasteiger partial charge in [0.1, 0.15) is 17.0 Å². The molecule has 0 radical (unpaired) electrons. The second-order valence-corrected chi connectivity index (χ2v) is 9.16. The van der Waals surface area contributed by atoms with Crippen LogP contribution in [0.4, 0.5) is 9.59 Å². The van der Waals surface area contributed by atoms with Crippen LogP contribution in [0.3, 0.4) is 0 Å². The van der Waals surface area contributed by atoms with Crippen molar-refractivity contribution >= 4 is 12.2 Å². The Kier molecular flexibility index (Phi) is 5.43. The van der Waals surface area contributed by atoms with E-state index in [1.165, 1.54) is 4.57 Å². The van der Waals surface area contributed by atoms with E-state index in [0.717, 1.165) is 11.3 Å². The molecule has 0 spiro atoms. The predicted molar refractivity (Wildman–Crippen MR) is 110 cm³/mol. The van der Waals surface area contributed by atoms with Gasteiger partial charge in [-0.05, 0) is 41.5 Å². The van der Waals surface area contributed by atoms with Crippen molar-refractivity contribution in [3.8, 4) is 11.4 Å². The highest BCUT2D eigenvalue weighted by Gasteiger charge is 2.33. The minimum Gasteiger partial charge on any atom is -0.444 e. The molecule has 1 aromatic heterocycles. The first-order valence-corrected chi connectivity index (χ1v) is 9.82. The Morgan fingerprint density at radius 2 is 1.52 bits per heavy atom. The molecule has 1 aliphatic heterocycles. The maximum absolute atomic E-state index is 13.1. The highest BCUT2D eigenvalue weighted by atomic mass is 16.6. The van der Waals surface area contributed by atoms with Crippen molar-refractivity contribution in [1.82, 2.24) is 14.5 Å². The zero-order valence-electron chi connectivity index (χ0n) is 18.0.